The van der Waals surface area contributed by atoms with Gasteiger partial charge in [0.25, 0.3) is 5.91 Å². The zero-order chi connectivity index (χ0) is 22.3. The minimum absolute atomic E-state index is 0.0103. The fourth-order valence-corrected chi connectivity index (χ4v) is 4.32. The number of hydrogen-bond acceptors (Lipinski definition) is 5. The summed E-state index contributed by atoms with van der Waals surface area (Å²) in [5.74, 6) is 0.522. The molecule has 0 radical (unpaired) electrons. The zero-order valence-corrected chi connectivity index (χ0v) is 18.7. The second-order valence-electron chi connectivity index (χ2n) is 8.55. The van der Waals surface area contributed by atoms with Crippen LogP contribution >= 0.6 is 0 Å². The van der Waals surface area contributed by atoms with Gasteiger partial charge in [0, 0.05) is 51.0 Å². The summed E-state index contributed by atoms with van der Waals surface area (Å²) in [5.41, 5.74) is 1.65. The fourth-order valence-electron chi connectivity index (χ4n) is 4.32. The molecule has 32 heavy (non-hydrogen) atoms. The van der Waals surface area contributed by atoms with E-state index >= 15 is 0 Å². The summed E-state index contributed by atoms with van der Waals surface area (Å²) in [6.45, 7) is 5.19. The van der Waals surface area contributed by atoms with Crippen LogP contribution < -0.4 is 10.1 Å². The molecule has 2 aliphatic rings. The lowest BCUT2D eigenvalue weighted by molar-refractivity contribution is -0.132. The number of carbonyl (C=O) groups is 2. The highest BCUT2D eigenvalue weighted by Crippen LogP contribution is 2.25. The minimum atomic E-state index is -0.355. The van der Waals surface area contributed by atoms with Gasteiger partial charge in [0.05, 0.1) is 0 Å². The summed E-state index contributed by atoms with van der Waals surface area (Å²) in [4.78, 5) is 32.0. The van der Waals surface area contributed by atoms with Gasteiger partial charge in [0.15, 0.2) is 6.61 Å². The van der Waals surface area contributed by atoms with Crippen LogP contribution in [-0.4, -0.2) is 79.4 Å². The van der Waals surface area contributed by atoms with Crippen molar-refractivity contribution in [2.45, 2.75) is 18.9 Å². The highest BCUT2D eigenvalue weighted by atomic mass is 16.5. The van der Waals surface area contributed by atoms with Gasteiger partial charge in [-0.3, -0.25) is 14.5 Å². The third-order valence-corrected chi connectivity index (χ3v) is 6.19. The highest BCUT2D eigenvalue weighted by molar-refractivity contribution is 5.95. The molecule has 4 rings (SSSR count). The molecule has 2 aliphatic heterocycles. The molecule has 1 N–H and O–H groups in total. The van der Waals surface area contributed by atoms with Crippen molar-refractivity contribution in [3.05, 3.63) is 60.2 Å². The molecule has 2 aromatic rings. The van der Waals surface area contributed by atoms with Crippen molar-refractivity contribution in [1.29, 1.82) is 0 Å². The van der Waals surface area contributed by atoms with Crippen molar-refractivity contribution in [2.75, 3.05) is 58.2 Å². The number of carbonyl (C=O) groups excluding carboxylic acids is 2. The predicted molar refractivity (Wildman–Crippen MR) is 125 cm³/mol. The second kappa shape index (κ2) is 10.6. The molecule has 0 aliphatic carbocycles. The van der Waals surface area contributed by atoms with E-state index in [1.54, 1.807) is 6.07 Å². The van der Waals surface area contributed by atoms with Crippen molar-refractivity contribution < 1.29 is 14.3 Å². The van der Waals surface area contributed by atoms with Crippen molar-refractivity contribution in [2.24, 2.45) is 0 Å². The summed E-state index contributed by atoms with van der Waals surface area (Å²) in [5, 5.41) is 3.06. The van der Waals surface area contributed by atoms with Crippen LogP contribution in [0.4, 0.5) is 5.69 Å². The molecule has 2 heterocycles. The van der Waals surface area contributed by atoms with Gasteiger partial charge >= 0.3 is 0 Å². The maximum Gasteiger partial charge on any atom is 0.260 e. The molecule has 1 atom stereocenters. The first-order chi connectivity index (χ1) is 15.6. The van der Waals surface area contributed by atoms with Gasteiger partial charge in [0.1, 0.15) is 11.8 Å². The van der Waals surface area contributed by atoms with Crippen LogP contribution in [0.1, 0.15) is 24.4 Å². The van der Waals surface area contributed by atoms with Crippen LogP contribution in [0, 0.1) is 0 Å². The number of likely N-dealkylation sites (N-methyl/N-ethyl adjacent to an activating group) is 1. The number of piperazine rings is 1. The van der Waals surface area contributed by atoms with E-state index in [-0.39, 0.29) is 24.5 Å². The van der Waals surface area contributed by atoms with Crippen molar-refractivity contribution in [3.63, 3.8) is 0 Å². The Morgan fingerprint density at radius 3 is 2.38 bits per heavy atom. The minimum Gasteiger partial charge on any atom is -0.484 e. The van der Waals surface area contributed by atoms with E-state index in [1.165, 1.54) is 0 Å². The summed E-state index contributed by atoms with van der Waals surface area (Å²) < 4.78 is 5.72. The molecule has 170 valence electrons. The molecule has 2 amide bonds. The van der Waals surface area contributed by atoms with E-state index in [0.717, 1.165) is 57.7 Å². The Labute approximate surface area is 189 Å². The molecule has 1 unspecified atom stereocenters. The quantitative estimate of drug-likeness (QED) is 0.723. The highest BCUT2D eigenvalue weighted by Gasteiger charge is 2.30. The van der Waals surface area contributed by atoms with Gasteiger partial charge in [-0.1, -0.05) is 36.4 Å². The van der Waals surface area contributed by atoms with Crippen molar-refractivity contribution >= 4 is 17.5 Å². The van der Waals surface area contributed by atoms with Crippen LogP contribution in [0.5, 0.6) is 5.75 Å². The molecule has 0 bridgehead atoms. The number of nitrogens with one attached hydrogen (secondary N) is 1. The van der Waals surface area contributed by atoms with Gasteiger partial charge in [-0.25, -0.2) is 0 Å². The summed E-state index contributed by atoms with van der Waals surface area (Å²) in [6.07, 6.45) is 2.12. The van der Waals surface area contributed by atoms with Crippen LogP contribution in [0.25, 0.3) is 0 Å². The first-order valence-electron chi connectivity index (χ1n) is 11.4. The van der Waals surface area contributed by atoms with Gasteiger partial charge in [-0.05, 0) is 37.6 Å². The van der Waals surface area contributed by atoms with Crippen LogP contribution in [0.2, 0.25) is 0 Å². The number of anilines is 1. The average Bonchev–Trinajstić information content (AvgIpc) is 3.35. The Morgan fingerprint density at radius 1 is 0.938 bits per heavy atom. The Hall–Kier alpha value is -2.90. The Balaban J connectivity index is 1.42. The molecule has 7 nitrogen and oxygen atoms in total. The zero-order valence-electron chi connectivity index (χ0n) is 18.7. The Kier molecular flexibility index (Phi) is 7.39. The standard InChI is InChI=1S/C25H32N4O3/c1-27-14-16-29(17-15-27)24(20-8-3-2-4-9-20)25(31)26-21-10-7-11-22(18-21)32-19-23(30)28-12-5-6-13-28/h2-4,7-11,18,24H,5-6,12-17,19H2,1H3,(H,26,31). The van der Waals surface area contributed by atoms with Gasteiger partial charge in [-0.15, -0.1) is 0 Å². The average molecular weight is 437 g/mol. The molecule has 7 heteroatoms. The number of benzene rings is 2. The van der Waals surface area contributed by atoms with E-state index in [2.05, 4.69) is 22.2 Å². The Morgan fingerprint density at radius 2 is 1.66 bits per heavy atom. The van der Waals surface area contributed by atoms with Gasteiger partial charge in [0.2, 0.25) is 5.91 Å². The lowest BCUT2D eigenvalue weighted by Crippen LogP contribution is -2.48. The maximum atomic E-state index is 13.4. The Bertz CT molecular complexity index is 906. The number of ether oxygens (including phenoxy) is 1. The first-order valence-corrected chi connectivity index (χ1v) is 11.4. The largest absolute Gasteiger partial charge is 0.484 e. The van der Waals surface area contributed by atoms with Crippen molar-refractivity contribution in [3.8, 4) is 5.75 Å². The van der Waals surface area contributed by atoms with E-state index < -0.39 is 0 Å². The molecule has 2 fully saturated rings. The number of hydrogen-bond donors (Lipinski definition) is 1. The van der Waals surface area contributed by atoms with E-state index in [0.29, 0.717) is 11.4 Å². The smallest absolute Gasteiger partial charge is 0.260 e. The lowest BCUT2D eigenvalue weighted by Gasteiger charge is -2.37. The third kappa shape index (κ3) is 5.66. The second-order valence-corrected chi connectivity index (χ2v) is 8.55. The molecular weight excluding hydrogens is 404 g/mol. The topological polar surface area (TPSA) is 65.1 Å². The number of likely N-dealkylation sites (tertiary alicyclic amines) is 1. The normalized spacial score (nSPS) is 18.3. The van der Waals surface area contributed by atoms with Gasteiger partial charge in [-0.2, -0.15) is 0 Å². The molecule has 2 aromatic carbocycles. The predicted octanol–water partition coefficient (Wildman–Crippen LogP) is 2.61. The molecular formula is C25H32N4O3. The number of amides is 2. The molecule has 0 aromatic heterocycles. The molecule has 2 saturated heterocycles. The summed E-state index contributed by atoms with van der Waals surface area (Å²) >= 11 is 0. The number of rotatable bonds is 7. The number of nitrogens with zero attached hydrogens (tertiary/aromatic N) is 3. The summed E-state index contributed by atoms with van der Waals surface area (Å²) in [7, 11) is 2.11. The summed E-state index contributed by atoms with van der Waals surface area (Å²) in [6, 6.07) is 16.8. The molecule has 0 spiro atoms. The van der Waals surface area contributed by atoms with Crippen molar-refractivity contribution in [1.82, 2.24) is 14.7 Å². The van der Waals surface area contributed by atoms with E-state index in [4.69, 9.17) is 4.74 Å². The lowest BCUT2D eigenvalue weighted by atomic mass is 10.0. The SMILES string of the molecule is CN1CCN(C(C(=O)Nc2cccc(OCC(=O)N3CCCC3)c2)c2ccccc2)CC1. The van der Waals surface area contributed by atoms with E-state index in [1.807, 2.05) is 53.4 Å². The fraction of sp³-hybridized carbons (Fsp3) is 0.440. The van der Waals surface area contributed by atoms with Gasteiger partial charge < -0.3 is 19.9 Å². The van der Waals surface area contributed by atoms with Crippen LogP contribution in [0.15, 0.2) is 54.6 Å². The third-order valence-electron chi connectivity index (χ3n) is 6.19. The monoisotopic (exact) mass is 436 g/mol. The van der Waals surface area contributed by atoms with Crippen LogP contribution in [0.3, 0.4) is 0 Å². The van der Waals surface area contributed by atoms with E-state index in [9.17, 15) is 9.59 Å². The molecule has 0 saturated carbocycles. The van der Waals surface area contributed by atoms with Crippen LogP contribution in [-0.2, 0) is 9.59 Å². The maximum absolute atomic E-state index is 13.4. The first kappa shape index (κ1) is 22.3.